The molecule has 0 bridgehead atoms. The van der Waals surface area contributed by atoms with Crippen LogP contribution in [0.15, 0.2) is 18.3 Å². The minimum absolute atomic E-state index is 0.0420. The first-order valence-electron chi connectivity index (χ1n) is 5.50. The highest BCUT2D eigenvalue weighted by atomic mass is 16.5. The first-order valence-corrected chi connectivity index (χ1v) is 5.50. The van der Waals surface area contributed by atoms with Crippen LogP contribution in [0.4, 0.5) is 5.82 Å². The Bertz CT molecular complexity index is 366. The Labute approximate surface area is 96.0 Å². The lowest BCUT2D eigenvalue weighted by Crippen LogP contribution is -2.22. The van der Waals surface area contributed by atoms with Crippen molar-refractivity contribution in [1.82, 2.24) is 4.98 Å². The van der Waals surface area contributed by atoms with E-state index in [-0.39, 0.29) is 5.60 Å². The molecule has 0 amide bonds. The van der Waals surface area contributed by atoms with Gasteiger partial charge in [-0.15, -0.1) is 0 Å². The maximum Gasteiger partial charge on any atom is 0.169 e. The van der Waals surface area contributed by atoms with Crippen molar-refractivity contribution in [1.29, 1.82) is 0 Å². The number of methoxy groups -OCH3 is 1. The van der Waals surface area contributed by atoms with E-state index in [2.05, 4.69) is 24.1 Å². The van der Waals surface area contributed by atoms with Crippen molar-refractivity contribution in [2.24, 2.45) is 0 Å². The summed E-state index contributed by atoms with van der Waals surface area (Å²) in [6.07, 6.45) is 2.73. The number of hydrogen-bond acceptors (Lipinski definition) is 4. The minimum Gasteiger partial charge on any atom is -0.493 e. The molecule has 0 aliphatic carbocycles. The van der Waals surface area contributed by atoms with E-state index in [1.807, 2.05) is 12.1 Å². The Morgan fingerprint density at radius 1 is 1.56 bits per heavy atom. The van der Waals surface area contributed by atoms with Crippen molar-refractivity contribution >= 4 is 5.82 Å². The number of hydrogen-bond donors (Lipinski definition) is 1. The fraction of sp³-hybridized carbons (Fsp3) is 0.583. The number of aromatic nitrogens is 1. The molecule has 1 saturated heterocycles. The lowest BCUT2D eigenvalue weighted by molar-refractivity contribution is 0.0363. The number of nitrogens with one attached hydrogen (secondary N) is 1. The largest absolute Gasteiger partial charge is 0.493 e. The van der Waals surface area contributed by atoms with E-state index in [0.717, 1.165) is 18.0 Å². The maximum atomic E-state index is 5.67. The van der Waals surface area contributed by atoms with Gasteiger partial charge in [-0.25, -0.2) is 4.98 Å². The van der Waals surface area contributed by atoms with Gasteiger partial charge in [0.25, 0.3) is 0 Å². The molecule has 1 aliphatic heterocycles. The summed E-state index contributed by atoms with van der Waals surface area (Å²) in [5.74, 6) is 1.56. The van der Waals surface area contributed by atoms with E-state index in [4.69, 9.17) is 9.47 Å². The highest BCUT2D eigenvalue weighted by molar-refractivity contribution is 5.50. The highest BCUT2D eigenvalue weighted by Crippen LogP contribution is 2.28. The Morgan fingerprint density at radius 3 is 3.00 bits per heavy atom. The second-order valence-corrected chi connectivity index (χ2v) is 4.67. The average Bonchev–Trinajstić information content (AvgIpc) is 2.59. The van der Waals surface area contributed by atoms with Gasteiger partial charge in [0, 0.05) is 6.20 Å². The van der Waals surface area contributed by atoms with E-state index in [1.165, 1.54) is 0 Å². The van der Waals surface area contributed by atoms with Gasteiger partial charge in [-0.05, 0) is 32.4 Å². The normalized spacial score (nSPS) is 23.1. The van der Waals surface area contributed by atoms with Gasteiger partial charge in [0.2, 0.25) is 0 Å². The minimum atomic E-state index is -0.0420. The van der Waals surface area contributed by atoms with Crippen LogP contribution in [0.2, 0.25) is 0 Å². The topological polar surface area (TPSA) is 43.4 Å². The second-order valence-electron chi connectivity index (χ2n) is 4.67. The van der Waals surface area contributed by atoms with Crippen LogP contribution in [0.3, 0.4) is 0 Å². The number of nitrogens with zero attached hydrogens (tertiary/aromatic N) is 1. The first kappa shape index (κ1) is 11.2. The zero-order valence-electron chi connectivity index (χ0n) is 9.99. The van der Waals surface area contributed by atoms with Crippen LogP contribution in [-0.4, -0.2) is 30.3 Å². The smallest absolute Gasteiger partial charge is 0.169 e. The van der Waals surface area contributed by atoms with Gasteiger partial charge in [0.15, 0.2) is 11.6 Å². The van der Waals surface area contributed by atoms with Crippen LogP contribution >= 0.6 is 0 Å². The molecule has 16 heavy (non-hydrogen) atoms. The monoisotopic (exact) mass is 222 g/mol. The van der Waals surface area contributed by atoms with Gasteiger partial charge in [-0.2, -0.15) is 0 Å². The van der Waals surface area contributed by atoms with Gasteiger partial charge in [0.1, 0.15) is 0 Å². The van der Waals surface area contributed by atoms with Gasteiger partial charge >= 0.3 is 0 Å². The van der Waals surface area contributed by atoms with Crippen molar-refractivity contribution in [3.05, 3.63) is 18.3 Å². The molecule has 1 aromatic rings. The van der Waals surface area contributed by atoms with E-state index in [0.29, 0.717) is 12.6 Å². The molecule has 1 N–H and O–H groups in total. The molecular formula is C12H18N2O2. The van der Waals surface area contributed by atoms with Crippen LogP contribution in [0, 0.1) is 0 Å². The molecule has 1 fully saturated rings. The molecule has 1 atom stereocenters. The lowest BCUT2D eigenvalue weighted by Gasteiger charge is -2.17. The van der Waals surface area contributed by atoms with E-state index >= 15 is 0 Å². The summed E-state index contributed by atoms with van der Waals surface area (Å²) in [5.41, 5.74) is -0.0420. The van der Waals surface area contributed by atoms with Crippen molar-refractivity contribution in [2.45, 2.75) is 31.9 Å². The highest BCUT2D eigenvalue weighted by Gasteiger charge is 2.32. The van der Waals surface area contributed by atoms with Gasteiger partial charge in [-0.1, -0.05) is 0 Å². The molecule has 4 nitrogen and oxygen atoms in total. The van der Waals surface area contributed by atoms with Crippen LogP contribution < -0.4 is 10.1 Å². The van der Waals surface area contributed by atoms with Crippen molar-refractivity contribution in [2.75, 3.05) is 19.0 Å². The summed E-state index contributed by atoms with van der Waals surface area (Å²) in [6, 6.07) is 4.06. The third kappa shape index (κ3) is 2.44. The zero-order valence-corrected chi connectivity index (χ0v) is 9.99. The quantitative estimate of drug-likeness (QED) is 0.850. The number of anilines is 1. The van der Waals surface area contributed by atoms with Gasteiger partial charge in [0.05, 0.1) is 25.4 Å². The first-order chi connectivity index (χ1) is 7.61. The third-order valence-corrected chi connectivity index (χ3v) is 2.74. The molecule has 0 saturated carbocycles. The maximum absolute atomic E-state index is 5.67. The van der Waals surface area contributed by atoms with E-state index in [9.17, 15) is 0 Å². The Hall–Kier alpha value is -1.29. The molecule has 2 rings (SSSR count). The molecule has 88 valence electrons. The predicted molar refractivity (Wildman–Crippen MR) is 62.8 cm³/mol. The molecule has 2 heterocycles. The number of pyridine rings is 1. The van der Waals surface area contributed by atoms with Crippen LogP contribution in [-0.2, 0) is 4.74 Å². The summed E-state index contributed by atoms with van der Waals surface area (Å²) in [6.45, 7) is 4.92. The van der Waals surface area contributed by atoms with E-state index in [1.54, 1.807) is 13.3 Å². The molecule has 1 aromatic heterocycles. The Kier molecular flexibility index (Phi) is 3.01. The van der Waals surface area contributed by atoms with Gasteiger partial charge < -0.3 is 14.8 Å². The molecule has 1 aliphatic rings. The van der Waals surface area contributed by atoms with Crippen molar-refractivity contribution in [3.8, 4) is 5.75 Å². The molecule has 0 radical (unpaired) electrons. The fourth-order valence-corrected chi connectivity index (χ4v) is 1.99. The zero-order chi connectivity index (χ0) is 11.6. The summed E-state index contributed by atoms with van der Waals surface area (Å²) >= 11 is 0. The summed E-state index contributed by atoms with van der Waals surface area (Å²) in [5, 5.41) is 3.35. The second kappa shape index (κ2) is 4.29. The summed E-state index contributed by atoms with van der Waals surface area (Å²) in [4.78, 5) is 4.27. The molecular weight excluding hydrogens is 204 g/mol. The number of rotatable bonds is 3. The van der Waals surface area contributed by atoms with Crippen LogP contribution in [0.1, 0.15) is 20.3 Å². The average molecular weight is 222 g/mol. The summed E-state index contributed by atoms with van der Waals surface area (Å²) < 4.78 is 10.9. The summed E-state index contributed by atoms with van der Waals surface area (Å²) in [7, 11) is 1.65. The van der Waals surface area contributed by atoms with Gasteiger partial charge in [-0.3, -0.25) is 0 Å². The SMILES string of the molecule is COc1cccnc1NC1COC(C)(C)C1. The Morgan fingerprint density at radius 2 is 2.38 bits per heavy atom. The number of ether oxygens (including phenoxy) is 2. The predicted octanol–water partition coefficient (Wildman–Crippen LogP) is 2.07. The third-order valence-electron chi connectivity index (χ3n) is 2.74. The van der Waals surface area contributed by atoms with Crippen molar-refractivity contribution < 1.29 is 9.47 Å². The van der Waals surface area contributed by atoms with Crippen LogP contribution in [0.5, 0.6) is 5.75 Å². The van der Waals surface area contributed by atoms with Crippen molar-refractivity contribution in [3.63, 3.8) is 0 Å². The standard InChI is InChI=1S/C12H18N2O2/c1-12(2)7-9(8-16-12)14-11-10(15-3)5-4-6-13-11/h4-6,9H,7-8H2,1-3H3,(H,13,14). The molecule has 0 spiro atoms. The Balaban J connectivity index is 2.04. The van der Waals surface area contributed by atoms with Crippen LogP contribution in [0.25, 0.3) is 0 Å². The lowest BCUT2D eigenvalue weighted by atomic mass is 10.0. The molecule has 4 heteroatoms. The fourth-order valence-electron chi connectivity index (χ4n) is 1.99. The molecule has 1 unspecified atom stereocenters. The molecule has 0 aromatic carbocycles. The van der Waals surface area contributed by atoms with E-state index < -0.39 is 0 Å².